The number of carbonyl (C=O) groups is 1. The first-order chi connectivity index (χ1) is 16.2. The summed E-state index contributed by atoms with van der Waals surface area (Å²) in [4.78, 5) is 22.2. The van der Waals surface area contributed by atoms with Gasteiger partial charge >= 0.3 is 0 Å². The Labute approximate surface area is 206 Å². The molecular weight excluding hydrogens is 424 g/mol. The Balaban J connectivity index is 1.90. The Bertz CT molecular complexity index is 821. The van der Waals surface area contributed by atoms with Gasteiger partial charge in [0, 0.05) is 38.0 Å². The molecule has 1 saturated carbocycles. The van der Waals surface area contributed by atoms with Gasteiger partial charge in [0.1, 0.15) is 0 Å². The molecule has 2 aliphatic rings. The first kappa shape index (κ1) is 26.7. The van der Waals surface area contributed by atoms with E-state index in [-0.39, 0.29) is 23.3 Å². The SMILES string of the molecule is CN=C(N)CCN1CCC[C@](c2ccccc2)(N(C)C)CCCC(CC2(O)CCC2)C(C)C1=O. The van der Waals surface area contributed by atoms with Gasteiger partial charge in [0.15, 0.2) is 0 Å². The fraction of sp³-hybridized carbons (Fsp3) is 0.714. The summed E-state index contributed by atoms with van der Waals surface area (Å²) >= 11 is 0. The number of nitrogens with two attached hydrogens (primary N) is 1. The fourth-order valence-electron chi connectivity index (χ4n) is 6.08. The Morgan fingerprint density at radius 3 is 2.41 bits per heavy atom. The summed E-state index contributed by atoms with van der Waals surface area (Å²) in [5.74, 6) is 0.870. The van der Waals surface area contributed by atoms with Crippen molar-refractivity contribution in [2.24, 2.45) is 22.6 Å². The molecule has 190 valence electrons. The fourth-order valence-corrected chi connectivity index (χ4v) is 6.08. The lowest BCUT2D eigenvalue weighted by Crippen LogP contribution is -2.44. The maximum Gasteiger partial charge on any atom is 0.225 e. The van der Waals surface area contributed by atoms with E-state index in [1.54, 1.807) is 7.05 Å². The first-order valence-corrected chi connectivity index (χ1v) is 13.2. The second-order valence-electron chi connectivity index (χ2n) is 10.9. The summed E-state index contributed by atoms with van der Waals surface area (Å²) in [5, 5.41) is 11.0. The maximum absolute atomic E-state index is 13.7. The molecule has 6 nitrogen and oxygen atoms in total. The zero-order valence-electron chi connectivity index (χ0n) is 21.8. The zero-order valence-corrected chi connectivity index (χ0v) is 21.8. The molecule has 1 aromatic carbocycles. The highest BCUT2D eigenvalue weighted by Crippen LogP contribution is 2.43. The minimum atomic E-state index is -0.582. The van der Waals surface area contributed by atoms with Crippen molar-refractivity contribution in [1.29, 1.82) is 0 Å². The summed E-state index contributed by atoms with van der Waals surface area (Å²) in [7, 11) is 6.07. The van der Waals surface area contributed by atoms with E-state index in [2.05, 4.69) is 61.2 Å². The van der Waals surface area contributed by atoms with Gasteiger partial charge in [-0.3, -0.25) is 14.7 Å². The molecule has 1 aliphatic carbocycles. The van der Waals surface area contributed by atoms with Crippen LogP contribution >= 0.6 is 0 Å². The number of hydrogen-bond acceptors (Lipinski definition) is 4. The number of nitrogens with zero attached hydrogens (tertiary/aromatic N) is 3. The lowest BCUT2D eigenvalue weighted by atomic mass is 9.70. The molecule has 1 aromatic rings. The second-order valence-corrected chi connectivity index (χ2v) is 10.9. The van der Waals surface area contributed by atoms with Crippen molar-refractivity contribution in [3.05, 3.63) is 35.9 Å². The Morgan fingerprint density at radius 1 is 1.15 bits per heavy atom. The van der Waals surface area contributed by atoms with E-state index >= 15 is 0 Å². The molecular formula is C28H46N4O2. The standard InChI is InChI=1S/C28H46N4O2/c1-22-23(21-27(34)15-9-16-27)11-8-17-28(31(3)4,24-12-6-5-7-13-24)18-10-19-32(26(22)33)20-14-25(29)30-2/h5-7,12-13,22-23,34H,8-11,14-21H2,1-4H3,(H2,29,30)/t22?,23?,28-/m1/s1. The third-order valence-corrected chi connectivity index (χ3v) is 8.61. The van der Waals surface area contributed by atoms with E-state index in [0.29, 0.717) is 18.8 Å². The molecule has 34 heavy (non-hydrogen) atoms. The van der Waals surface area contributed by atoms with Crippen molar-refractivity contribution in [3.8, 4) is 0 Å². The van der Waals surface area contributed by atoms with Gasteiger partial charge in [-0.2, -0.15) is 0 Å². The van der Waals surface area contributed by atoms with Crippen molar-refractivity contribution in [2.45, 2.75) is 82.3 Å². The lowest BCUT2D eigenvalue weighted by molar-refractivity contribution is -0.138. The molecule has 1 aliphatic heterocycles. The van der Waals surface area contributed by atoms with Crippen LogP contribution in [0.5, 0.6) is 0 Å². The van der Waals surface area contributed by atoms with Crippen molar-refractivity contribution in [1.82, 2.24) is 9.80 Å². The molecule has 0 bridgehead atoms. The lowest BCUT2D eigenvalue weighted by Gasteiger charge is -2.42. The van der Waals surface area contributed by atoms with Gasteiger partial charge in [0.2, 0.25) is 5.91 Å². The maximum atomic E-state index is 13.7. The molecule has 3 rings (SSSR count). The van der Waals surface area contributed by atoms with Crippen LogP contribution in [0.15, 0.2) is 35.3 Å². The van der Waals surface area contributed by atoms with Crippen LogP contribution in [0.4, 0.5) is 0 Å². The summed E-state index contributed by atoms with van der Waals surface area (Å²) < 4.78 is 0. The Morgan fingerprint density at radius 2 is 1.82 bits per heavy atom. The smallest absolute Gasteiger partial charge is 0.225 e. The van der Waals surface area contributed by atoms with Crippen molar-refractivity contribution < 1.29 is 9.90 Å². The van der Waals surface area contributed by atoms with Crippen LogP contribution in [0.25, 0.3) is 0 Å². The summed E-state index contributed by atoms with van der Waals surface area (Å²) in [6.45, 7) is 3.40. The highest BCUT2D eigenvalue weighted by atomic mass is 16.3. The molecule has 6 heteroatoms. The third kappa shape index (κ3) is 6.19. The third-order valence-electron chi connectivity index (χ3n) is 8.61. The van der Waals surface area contributed by atoms with Crippen molar-refractivity contribution >= 4 is 11.7 Å². The average molecular weight is 471 g/mol. The van der Waals surface area contributed by atoms with Gasteiger partial charge in [0.05, 0.1) is 11.4 Å². The second kappa shape index (κ2) is 11.7. The Hall–Kier alpha value is -1.92. The van der Waals surface area contributed by atoms with E-state index in [1.807, 2.05) is 4.90 Å². The average Bonchev–Trinajstić information content (AvgIpc) is 2.83. The van der Waals surface area contributed by atoms with Crippen LogP contribution in [-0.4, -0.2) is 66.5 Å². The molecule has 1 amide bonds. The van der Waals surface area contributed by atoms with Crippen molar-refractivity contribution in [2.75, 3.05) is 34.2 Å². The van der Waals surface area contributed by atoms with Gasteiger partial charge in [-0.15, -0.1) is 0 Å². The van der Waals surface area contributed by atoms with Crippen LogP contribution in [-0.2, 0) is 10.3 Å². The molecule has 0 radical (unpaired) electrons. The topological polar surface area (TPSA) is 82.2 Å². The monoisotopic (exact) mass is 470 g/mol. The zero-order chi connectivity index (χ0) is 24.8. The summed E-state index contributed by atoms with van der Waals surface area (Å²) in [6, 6.07) is 10.8. The molecule has 3 N–H and O–H groups in total. The van der Waals surface area contributed by atoms with E-state index < -0.39 is 5.60 Å². The van der Waals surface area contributed by atoms with E-state index in [0.717, 1.165) is 64.3 Å². The van der Waals surface area contributed by atoms with Gasteiger partial charge < -0.3 is 15.7 Å². The highest BCUT2D eigenvalue weighted by Gasteiger charge is 2.41. The number of carbonyl (C=O) groups excluding carboxylic acids is 1. The van der Waals surface area contributed by atoms with Crippen LogP contribution in [0, 0.1) is 11.8 Å². The van der Waals surface area contributed by atoms with Gasteiger partial charge in [-0.05, 0) is 76.9 Å². The van der Waals surface area contributed by atoms with E-state index in [4.69, 9.17) is 5.73 Å². The molecule has 0 spiro atoms. The Kier molecular flexibility index (Phi) is 9.16. The normalized spacial score (nSPS) is 28.9. The number of amides is 1. The molecule has 2 unspecified atom stereocenters. The predicted molar refractivity (Wildman–Crippen MR) is 140 cm³/mol. The molecule has 1 saturated heterocycles. The van der Waals surface area contributed by atoms with Crippen LogP contribution < -0.4 is 5.73 Å². The number of aliphatic hydroxyl groups is 1. The number of rotatable bonds is 7. The number of benzene rings is 1. The summed E-state index contributed by atoms with van der Waals surface area (Å²) in [6.07, 6.45) is 9.13. The van der Waals surface area contributed by atoms with Crippen LogP contribution in [0.2, 0.25) is 0 Å². The molecule has 3 atom stereocenters. The largest absolute Gasteiger partial charge is 0.390 e. The number of hydrogen-bond donors (Lipinski definition) is 2. The van der Waals surface area contributed by atoms with Crippen molar-refractivity contribution in [3.63, 3.8) is 0 Å². The molecule has 2 fully saturated rings. The number of aliphatic imine (C=N–C) groups is 1. The number of amidine groups is 1. The predicted octanol–water partition coefficient (Wildman–Crippen LogP) is 4.17. The minimum absolute atomic E-state index is 0.0641. The quantitative estimate of drug-likeness (QED) is 0.463. The highest BCUT2D eigenvalue weighted by molar-refractivity contribution is 5.82. The molecule has 1 heterocycles. The van der Waals surface area contributed by atoms with Gasteiger partial charge in [-0.25, -0.2) is 0 Å². The van der Waals surface area contributed by atoms with E-state index in [1.165, 1.54) is 5.56 Å². The first-order valence-electron chi connectivity index (χ1n) is 13.2. The van der Waals surface area contributed by atoms with Gasteiger partial charge in [0.25, 0.3) is 0 Å². The molecule has 0 aromatic heterocycles. The minimum Gasteiger partial charge on any atom is -0.390 e. The van der Waals surface area contributed by atoms with E-state index in [9.17, 15) is 9.90 Å². The van der Waals surface area contributed by atoms with Gasteiger partial charge in [-0.1, -0.05) is 43.7 Å². The van der Waals surface area contributed by atoms with Crippen LogP contribution in [0.3, 0.4) is 0 Å². The van der Waals surface area contributed by atoms with Crippen LogP contribution in [0.1, 0.15) is 76.7 Å². The summed E-state index contributed by atoms with van der Waals surface area (Å²) in [5.41, 5.74) is 6.69.